The molecule has 0 aromatic heterocycles. The minimum absolute atomic E-state index is 0.0480. The highest BCUT2D eigenvalue weighted by molar-refractivity contribution is 5.60. The first-order valence-corrected chi connectivity index (χ1v) is 3.53. The third-order valence-electron chi connectivity index (χ3n) is 0.985. The molecule has 0 spiro atoms. The molecule has 12 heavy (non-hydrogen) atoms. The van der Waals surface area contributed by atoms with Gasteiger partial charge < -0.3 is 9.47 Å². The van der Waals surface area contributed by atoms with E-state index in [2.05, 4.69) is 16.1 Å². The van der Waals surface area contributed by atoms with Crippen LogP contribution >= 0.6 is 0 Å². The van der Waals surface area contributed by atoms with Crippen LogP contribution in [0.5, 0.6) is 0 Å². The lowest BCUT2D eigenvalue weighted by Crippen LogP contribution is -2.08. The van der Waals surface area contributed by atoms with Crippen molar-refractivity contribution in [3.63, 3.8) is 0 Å². The van der Waals surface area contributed by atoms with E-state index >= 15 is 0 Å². The van der Waals surface area contributed by atoms with E-state index in [9.17, 15) is 4.79 Å². The number of nitrogens with zero attached hydrogens (tertiary/aromatic N) is 1. The molecule has 0 heterocycles. The number of nitriles is 1. The average Bonchev–Trinajstić information content (AvgIpc) is 2.02. The summed E-state index contributed by atoms with van der Waals surface area (Å²) < 4.78 is 9.07. The molecule has 0 radical (unpaired) electrons. The average molecular weight is 169 g/mol. The maximum atomic E-state index is 10.6. The summed E-state index contributed by atoms with van der Waals surface area (Å²) in [6.07, 6.45) is -0.532. The van der Waals surface area contributed by atoms with Crippen LogP contribution in [-0.2, 0) is 9.47 Å². The lowest BCUT2D eigenvalue weighted by molar-refractivity contribution is 0.0654. The third-order valence-corrected chi connectivity index (χ3v) is 0.985. The zero-order valence-electron chi connectivity index (χ0n) is 7.00. The van der Waals surface area contributed by atoms with Gasteiger partial charge in [0, 0.05) is 0 Å². The molecular weight excluding hydrogens is 158 g/mol. The van der Waals surface area contributed by atoms with Crippen LogP contribution in [0.4, 0.5) is 4.79 Å². The maximum absolute atomic E-state index is 10.6. The summed E-state index contributed by atoms with van der Waals surface area (Å²) in [5.41, 5.74) is 0.561. The number of ether oxygens (including phenoxy) is 2. The van der Waals surface area contributed by atoms with Gasteiger partial charge in [-0.1, -0.05) is 6.58 Å². The molecule has 0 amide bonds. The van der Waals surface area contributed by atoms with Crippen LogP contribution in [-0.4, -0.2) is 19.4 Å². The molecule has 0 saturated heterocycles. The van der Waals surface area contributed by atoms with E-state index in [1.54, 1.807) is 6.92 Å². The first-order valence-electron chi connectivity index (χ1n) is 3.53. The van der Waals surface area contributed by atoms with Gasteiger partial charge >= 0.3 is 6.16 Å². The minimum atomic E-state index is -0.725. The summed E-state index contributed by atoms with van der Waals surface area (Å²) in [6.45, 7) is 5.54. The van der Waals surface area contributed by atoms with Gasteiger partial charge in [0.15, 0.2) is 0 Å². The van der Waals surface area contributed by atoms with Crippen molar-refractivity contribution >= 4 is 6.16 Å². The molecule has 0 aliphatic carbocycles. The van der Waals surface area contributed by atoms with Crippen LogP contribution in [0.3, 0.4) is 0 Å². The van der Waals surface area contributed by atoms with Crippen LogP contribution in [0.15, 0.2) is 12.2 Å². The summed E-state index contributed by atoms with van der Waals surface area (Å²) in [4.78, 5) is 10.6. The Hall–Kier alpha value is -1.50. The van der Waals surface area contributed by atoms with Gasteiger partial charge in [0.05, 0.1) is 19.1 Å². The molecule has 0 aliphatic heterocycles. The molecule has 0 atom stereocenters. The molecule has 4 nitrogen and oxygen atoms in total. The van der Waals surface area contributed by atoms with E-state index < -0.39 is 6.16 Å². The first kappa shape index (κ1) is 10.5. The van der Waals surface area contributed by atoms with Gasteiger partial charge in [-0.25, -0.2) is 4.79 Å². The Kier molecular flexibility index (Phi) is 5.45. The van der Waals surface area contributed by atoms with Crippen molar-refractivity contribution in [2.75, 3.05) is 13.2 Å². The third kappa shape index (κ3) is 5.30. The highest BCUT2D eigenvalue weighted by atomic mass is 16.7. The Morgan fingerprint density at radius 1 is 1.58 bits per heavy atom. The number of hydrogen-bond donors (Lipinski definition) is 0. The van der Waals surface area contributed by atoms with Crippen molar-refractivity contribution in [2.45, 2.75) is 13.3 Å². The molecule has 0 bridgehead atoms. The van der Waals surface area contributed by atoms with E-state index in [1.165, 1.54) is 0 Å². The molecule has 0 fully saturated rings. The Morgan fingerprint density at radius 2 is 2.25 bits per heavy atom. The van der Waals surface area contributed by atoms with Crippen molar-refractivity contribution in [3.05, 3.63) is 12.2 Å². The largest absolute Gasteiger partial charge is 0.508 e. The van der Waals surface area contributed by atoms with E-state index in [0.717, 1.165) is 0 Å². The Bertz CT molecular complexity index is 205. The van der Waals surface area contributed by atoms with Gasteiger partial charge in [-0.3, -0.25) is 0 Å². The van der Waals surface area contributed by atoms with E-state index in [-0.39, 0.29) is 19.6 Å². The van der Waals surface area contributed by atoms with E-state index in [0.29, 0.717) is 5.57 Å². The van der Waals surface area contributed by atoms with Gasteiger partial charge in [0.25, 0.3) is 0 Å². The summed E-state index contributed by atoms with van der Waals surface area (Å²) >= 11 is 0. The van der Waals surface area contributed by atoms with E-state index in [1.807, 2.05) is 6.07 Å². The predicted molar refractivity (Wildman–Crippen MR) is 42.3 cm³/mol. The number of carbonyl (C=O) groups excluding carboxylic acids is 1. The SMILES string of the molecule is C=C(CC#N)COC(=O)OCC. The maximum Gasteiger partial charge on any atom is 0.508 e. The van der Waals surface area contributed by atoms with Gasteiger partial charge in [-0.15, -0.1) is 0 Å². The number of carbonyl (C=O) groups is 1. The molecule has 0 aliphatic rings. The van der Waals surface area contributed by atoms with E-state index in [4.69, 9.17) is 5.26 Å². The lowest BCUT2D eigenvalue weighted by atomic mass is 10.2. The van der Waals surface area contributed by atoms with Gasteiger partial charge in [0.1, 0.15) is 6.61 Å². The second-order valence-electron chi connectivity index (χ2n) is 2.06. The van der Waals surface area contributed by atoms with Crippen LogP contribution in [0.25, 0.3) is 0 Å². The minimum Gasteiger partial charge on any atom is -0.435 e. The predicted octanol–water partition coefficient (Wildman–Crippen LogP) is 1.63. The zero-order chi connectivity index (χ0) is 9.40. The second kappa shape index (κ2) is 6.23. The Balaban J connectivity index is 3.48. The normalized spacial score (nSPS) is 8.33. The standard InChI is InChI=1S/C8H11NO3/c1-3-11-8(10)12-6-7(2)4-5-9/h2-4,6H2,1H3. The van der Waals surface area contributed by atoms with Crippen molar-refractivity contribution in [1.82, 2.24) is 0 Å². The molecule has 66 valence electrons. The van der Waals surface area contributed by atoms with Crippen LogP contribution in [0, 0.1) is 11.3 Å². The highest BCUT2D eigenvalue weighted by Gasteiger charge is 2.02. The molecule has 4 heteroatoms. The monoisotopic (exact) mass is 169 g/mol. The smallest absolute Gasteiger partial charge is 0.435 e. The second-order valence-corrected chi connectivity index (χ2v) is 2.06. The molecule has 0 rings (SSSR count). The number of rotatable bonds is 4. The molecule has 0 unspecified atom stereocenters. The lowest BCUT2D eigenvalue weighted by Gasteiger charge is -2.03. The fraction of sp³-hybridized carbons (Fsp3) is 0.500. The molecule has 0 aromatic rings. The van der Waals surface area contributed by atoms with Gasteiger partial charge in [0.2, 0.25) is 0 Å². The van der Waals surface area contributed by atoms with Crippen molar-refractivity contribution in [2.24, 2.45) is 0 Å². The van der Waals surface area contributed by atoms with Crippen molar-refractivity contribution in [1.29, 1.82) is 5.26 Å². The molecule has 0 saturated carbocycles. The molecule has 0 N–H and O–H groups in total. The van der Waals surface area contributed by atoms with Gasteiger partial charge in [-0.2, -0.15) is 5.26 Å². The molecule has 0 aromatic carbocycles. The Labute approximate surface area is 71.4 Å². The van der Waals surface area contributed by atoms with Crippen molar-refractivity contribution in [3.8, 4) is 6.07 Å². The quantitative estimate of drug-likeness (QED) is 0.474. The summed E-state index contributed by atoms with van der Waals surface area (Å²) in [5, 5.41) is 8.22. The first-order chi connectivity index (χ1) is 5.70. The summed E-state index contributed by atoms with van der Waals surface area (Å²) in [6, 6.07) is 1.89. The van der Waals surface area contributed by atoms with Crippen LogP contribution in [0.2, 0.25) is 0 Å². The highest BCUT2D eigenvalue weighted by Crippen LogP contribution is 1.97. The van der Waals surface area contributed by atoms with Crippen LogP contribution < -0.4 is 0 Å². The topological polar surface area (TPSA) is 59.3 Å². The number of hydrogen-bond acceptors (Lipinski definition) is 4. The summed E-state index contributed by atoms with van der Waals surface area (Å²) in [5.74, 6) is 0. The zero-order valence-corrected chi connectivity index (χ0v) is 7.00. The summed E-state index contributed by atoms with van der Waals surface area (Å²) in [7, 11) is 0. The van der Waals surface area contributed by atoms with Gasteiger partial charge in [-0.05, 0) is 12.5 Å². The van der Waals surface area contributed by atoms with Crippen molar-refractivity contribution < 1.29 is 14.3 Å². The Morgan fingerprint density at radius 3 is 2.75 bits per heavy atom. The van der Waals surface area contributed by atoms with Crippen LogP contribution in [0.1, 0.15) is 13.3 Å². The fourth-order valence-corrected chi connectivity index (χ4v) is 0.483. The molecular formula is C8H11NO3. The fourth-order valence-electron chi connectivity index (χ4n) is 0.483.